The molecule has 0 aromatic rings. The normalized spacial score (nSPS) is 43.7. The molecule has 0 aromatic heterocycles. The van der Waals surface area contributed by atoms with Gasteiger partial charge in [0, 0.05) is 35.8 Å². The molecule has 9 heavy (non-hydrogen) atoms. The second kappa shape index (κ2) is 2.22. The zero-order chi connectivity index (χ0) is 6.27. The minimum absolute atomic E-state index is 0.967. The average molecular weight is 191 g/mol. The molecule has 0 unspecified atom stereocenters. The standard InChI is InChI=1S/C6H11BrN2/c7-9-5-6-1-3-8(9)4-2-6/h6H,1-5H2. The SMILES string of the molecule is BrN1CC2CCN1CC2. The van der Waals surface area contributed by atoms with Crippen molar-refractivity contribution in [2.24, 2.45) is 5.92 Å². The fourth-order valence-corrected chi connectivity index (χ4v) is 2.37. The van der Waals surface area contributed by atoms with Gasteiger partial charge >= 0.3 is 0 Å². The van der Waals surface area contributed by atoms with E-state index in [4.69, 9.17) is 0 Å². The van der Waals surface area contributed by atoms with Crippen molar-refractivity contribution >= 4 is 16.1 Å². The Bertz CT molecular complexity index is 110. The molecule has 3 heterocycles. The Labute approximate surface area is 64.1 Å². The molecule has 0 N–H and O–H groups in total. The Morgan fingerprint density at radius 1 is 1.22 bits per heavy atom. The van der Waals surface area contributed by atoms with Crippen LogP contribution in [0.25, 0.3) is 0 Å². The van der Waals surface area contributed by atoms with Crippen LogP contribution >= 0.6 is 16.1 Å². The molecule has 3 saturated heterocycles. The molecule has 0 aromatic carbocycles. The highest BCUT2D eigenvalue weighted by Crippen LogP contribution is 2.28. The van der Waals surface area contributed by atoms with Gasteiger partial charge in [0.2, 0.25) is 0 Å². The van der Waals surface area contributed by atoms with E-state index in [1.807, 2.05) is 0 Å². The molecule has 0 aliphatic carbocycles. The predicted molar refractivity (Wildman–Crippen MR) is 39.9 cm³/mol. The maximum Gasteiger partial charge on any atom is 0.0287 e. The maximum atomic E-state index is 3.50. The summed E-state index contributed by atoms with van der Waals surface area (Å²) in [5, 5.41) is 2.38. The first kappa shape index (κ1) is 6.13. The van der Waals surface area contributed by atoms with Crippen molar-refractivity contribution in [3.8, 4) is 0 Å². The summed E-state index contributed by atoms with van der Waals surface area (Å²) in [7, 11) is 0. The summed E-state index contributed by atoms with van der Waals surface area (Å²) >= 11 is 3.50. The van der Waals surface area contributed by atoms with Crippen LogP contribution in [0.4, 0.5) is 0 Å². The van der Waals surface area contributed by atoms with Crippen LogP contribution < -0.4 is 0 Å². The third-order valence-corrected chi connectivity index (χ3v) is 3.04. The van der Waals surface area contributed by atoms with E-state index in [0.717, 1.165) is 5.92 Å². The fraction of sp³-hybridized carbons (Fsp3) is 1.00. The maximum absolute atomic E-state index is 3.50. The van der Waals surface area contributed by atoms with Gasteiger partial charge < -0.3 is 0 Å². The third-order valence-electron chi connectivity index (χ3n) is 2.31. The first-order chi connectivity index (χ1) is 4.36. The molecular formula is C6H11BrN2. The van der Waals surface area contributed by atoms with Crippen LogP contribution in [0, 0.1) is 5.92 Å². The van der Waals surface area contributed by atoms with Crippen LogP contribution in [0.15, 0.2) is 0 Å². The van der Waals surface area contributed by atoms with Crippen molar-refractivity contribution in [2.75, 3.05) is 19.6 Å². The number of nitrogens with zero attached hydrogens (tertiary/aromatic N) is 2. The quantitative estimate of drug-likeness (QED) is 0.531. The van der Waals surface area contributed by atoms with Gasteiger partial charge in [0.15, 0.2) is 0 Å². The summed E-state index contributed by atoms with van der Waals surface area (Å²) in [4.78, 5) is 0. The number of fused-ring (bicyclic) bond motifs is 3. The first-order valence-electron chi connectivity index (χ1n) is 3.54. The van der Waals surface area contributed by atoms with Gasteiger partial charge in [0.05, 0.1) is 0 Å². The van der Waals surface area contributed by atoms with Crippen molar-refractivity contribution < 1.29 is 0 Å². The van der Waals surface area contributed by atoms with E-state index >= 15 is 0 Å². The van der Waals surface area contributed by atoms with Crippen LogP contribution in [0.2, 0.25) is 0 Å². The molecule has 0 spiro atoms. The minimum Gasteiger partial charge on any atom is -0.232 e. The fourth-order valence-electron chi connectivity index (χ4n) is 1.65. The van der Waals surface area contributed by atoms with Gasteiger partial charge in [-0.15, -0.1) is 0 Å². The lowest BCUT2D eigenvalue weighted by Gasteiger charge is -2.44. The molecular weight excluding hydrogens is 180 g/mol. The summed E-state index contributed by atoms with van der Waals surface area (Å²) in [5.74, 6) is 0.967. The van der Waals surface area contributed by atoms with Crippen molar-refractivity contribution in [3.05, 3.63) is 0 Å². The molecule has 3 aliphatic rings. The molecule has 2 nitrogen and oxygen atoms in total. The van der Waals surface area contributed by atoms with E-state index < -0.39 is 0 Å². The number of rotatable bonds is 0. The van der Waals surface area contributed by atoms with E-state index in [9.17, 15) is 0 Å². The molecule has 0 atom stereocenters. The predicted octanol–water partition coefficient (Wildman–Crippen LogP) is 1.24. The van der Waals surface area contributed by atoms with Gasteiger partial charge in [-0.3, -0.25) is 0 Å². The lowest BCUT2D eigenvalue weighted by molar-refractivity contribution is -0.0288. The lowest BCUT2D eigenvalue weighted by atomic mass is 9.96. The second-order valence-electron chi connectivity index (χ2n) is 2.92. The van der Waals surface area contributed by atoms with Crippen molar-refractivity contribution in [3.63, 3.8) is 0 Å². The average Bonchev–Trinajstić information content (AvgIpc) is 1.90. The van der Waals surface area contributed by atoms with Crippen molar-refractivity contribution in [1.29, 1.82) is 0 Å². The van der Waals surface area contributed by atoms with Crippen molar-refractivity contribution in [2.45, 2.75) is 12.8 Å². The summed E-state index contributed by atoms with van der Waals surface area (Å²) in [6.45, 7) is 3.74. The molecule has 3 heteroatoms. The molecule has 3 fully saturated rings. The van der Waals surface area contributed by atoms with Gasteiger partial charge in [-0.1, -0.05) is 0 Å². The van der Waals surface area contributed by atoms with Gasteiger partial charge in [-0.05, 0) is 18.8 Å². The first-order valence-corrected chi connectivity index (χ1v) is 4.25. The number of piperidine rings is 1. The summed E-state index contributed by atoms with van der Waals surface area (Å²) in [6.07, 6.45) is 2.81. The number of halogens is 1. The van der Waals surface area contributed by atoms with Gasteiger partial charge in [0.1, 0.15) is 0 Å². The summed E-state index contributed by atoms with van der Waals surface area (Å²) in [5.41, 5.74) is 0. The van der Waals surface area contributed by atoms with E-state index in [2.05, 4.69) is 25.2 Å². The highest BCUT2D eigenvalue weighted by molar-refractivity contribution is 9.07. The largest absolute Gasteiger partial charge is 0.232 e. The number of hydrogen-bond donors (Lipinski definition) is 0. The molecule has 52 valence electrons. The van der Waals surface area contributed by atoms with Crippen LogP contribution in [-0.2, 0) is 0 Å². The molecule has 2 bridgehead atoms. The highest BCUT2D eigenvalue weighted by atomic mass is 79.9. The molecule has 0 radical (unpaired) electrons. The highest BCUT2D eigenvalue weighted by Gasteiger charge is 2.30. The Morgan fingerprint density at radius 2 is 1.89 bits per heavy atom. The van der Waals surface area contributed by atoms with Crippen LogP contribution in [0.1, 0.15) is 12.8 Å². The van der Waals surface area contributed by atoms with E-state index in [0.29, 0.717) is 0 Å². The van der Waals surface area contributed by atoms with Gasteiger partial charge in [0.25, 0.3) is 0 Å². The smallest absolute Gasteiger partial charge is 0.0287 e. The zero-order valence-electron chi connectivity index (χ0n) is 5.39. The molecule has 3 rings (SSSR count). The summed E-state index contributed by atoms with van der Waals surface area (Å²) < 4.78 is 2.19. The Hall–Kier alpha value is 0.400. The Balaban J connectivity index is 2.06. The van der Waals surface area contributed by atoms with Crippen molar-refractivity contribution in [1.82, 2.24) is 9.04 Å². The van der Waals surface area contributed by atoms with E-state index in [1.165, 1.54) is 32.5 Å². The topological polar surface area (TPSA) is 6.48 Å². The minimum atomic E-state index is 0.967. The van der Waals surface area contributed by atoms with E-state index in [-0.39, 0.29) is 0 Å². The number of hydrazine groups is 1. The Morgan fingerprint density at radius 3 is 2.11 bits per heavy atom. The van der Waals surface area contributed by atoms with E-state index in [1.54, 1.807) is 0 Å². The van der Waals surface area contributed by atoms with Crippen LogP contribution in [0.3, 0.4) is 0 Å². The summed E-state index contributed by atoms with van der Waals surface area (Å²) in [6, 6.07) is 0. The second-order valence-corrected chi connectivity index (χ2v) is 3.73. The lowest BCUT2D eigenvalue weighted by Crippen LogP contribution is -2.50. The molecule has 3 aliphatic heterocycles. The number of hydrogen-bond acceptors (Lipinski definition) is 2. The van der Waals surface area contributed by atoms with Crippen LogP contribution in [0.5, 0.6) is 0 Å². The monoisotopic (exact) mass is 190 g/mol. The zero-order valence-corrected chi connectivity index (χ0v) is 6.97. The molecule has 0 amide bonds. The third kappa shape index (κ3) is 1.02. The van der Waals surface area contributed by atoms with Gasteiger partial charge in [-0.2, -0.15) is 4.03 Å². The molecule has 0 saturated carbocycles. The Kier molecular flexibility index (Phi) is 1.51. The van der Waals surface area contributed by atoms with Gasteiger partial charge in [-0.25, -0.2) is 5.01 Å². The van der Waals surface area contributed by atoms with Crippen LogP contribution in [-0.4, -0.2) is 28.7 Å².